The maximum Gasteiger partial charge on any atom is 0.348 e. The number of rotatable bonds is 3. The fourth-order valence-corrected chi connectivity index (χ4v) is 2.80. The van der Waals surface area contributed by atoms with E-state index in [1.54, 1.807) is 7.11 Å². The van der Waals surface area contributed by atoms with Crippen molar-refractivity contribution in [3.05, 3.63) is 28.6 Å². The molecule has 0 fully saturated rings. The summed E-state index contributed by atoms with van der Waals surface area (Å²) < 4.78 is 11.3. The van der Waals surface area contributed by atoms with E-state index in [-0.39, 0.29) is 5.97 Å². The van der Waals surface area contributed by atoms with Gasteiger partial charge in [-0.2, -0.15) is 0 Å². The minimum absolute atomic E-state index is 0.245. The first kappa shape index (κ1) is 15.5. The van der Waals surface area contributed by atoms with Gasteiger partial charge in [-0.3, -0.25) is 0 Å². The molecule has 0 amide bonds. The number of aryl methyl sites for hydroxylation is 1. The molecule has 0 aliphatic carbocycles. The zero-order valence-corrected chi connectivity index (χ0v) is 12.9. The summed E-state index contributed by atoms with van der Waals surface area (Å²) in [5.41, 5.74) is 0.961. The predicted molar refractivity (Wildman–Crippen MR) is 80.4 cm³/mol. The van der Waals surface area contributed by atoms with E-state index in [2.05, 4.69) is 0 Å². The van der Waals surface area contributed by atoms with Crippen LogP contribution in [0.1, 0.15) is 36.0 Å². The number of benzene rings is 1. The van der Waals surface area contributed by atoms with E-state index < -0.39 is 0 Å². The van der Waals surface area contributed by atoms with E-state index in [1.165, 1.54) is 11.3 Å². The molecule has 0 spiro atoms. The first-order valence-electron chi connectivity index (χ1n) is 6.41. The van der Waals surface area contributed by atoms with Gasteiger partial charge in [-0.05, 0) is 43.0 Å². The van der Waals surface area contributed by atoms with Crippen LogP contribution < -0.4 is 4.74 Å². The molecule has 1 heterocycles. The second kappa shape index (κ2) is 7.14. The van der Waals surface area contributed by atoms with E-state index in [0.29, 0.717) is 11.5 Å². The summed E-state index contributed by atoms with van der Waals surface area (Å²) in [6, 6.07) is 5.81. The normalized spacial score (nSPS) is 9.74. The van der Waals surface area contributed by atoms with Gasteiger partial charge >= 0.3 is 5.97 Å². The van der Waals surface area contributed by atoms with Crippen LogP contribution in [0.3, 0.4) is 0 Å². The topological polar surface area (TPSA) is 35.5 Å². The van der Waals surface area contributed by atoms with E-state index >= 15 is 0 Å². The third-order valence-electron chi connectivity index (χ3n) is 2.60. The molecule has 4 heteroatoms. The summed E-state index contributed by atoms with van der Waals surface area (Å²) in [6.07, 6.45) is 0. The van der Waals surface area contributed by atoms with Crippen LogP contribution in [0.25, 0.3) is 10.1 Å². The van der Waals surface area contributed by atoms with Gasteiger partial charge in [0.2, 0.25) is 0 Å². The molecule has 19 heavy (non-hydrogen) atoms. The maximum atomic E-state index is 11.7. The number of ether oxygens (including phenoxy) is 2. The smallest absolute Gasteiger partial charge is 0.348 e. The molecule has 104 valence electrons. The maximum absolute atomic E-state index is 11.7. The Labute approximate surface area is 118 Å². The highest BCUT2D eigenvalue weighted by atomic mass is 32.1. The highest BCUT2D eigenvalue weighted by Gasteiger charge is 2.16. The van der Waals surface area contributed by atoms with Crippen LogP contribution in [-0.4, -0.2) is 19.7 Å². The lowest BCUT2D eigenvalue weighted by Crippen LogP contribution is -2.03. The van der Waals surface area contributed by atoms with Crippen molar-refractivity contribution in [3.8, 4) is 5.75 Å². The van der Waals surface area contributed by atoms with Crippen molar-refractivity contribution >= 4 is 27.4 Å². The van der Waals surface area contributed by atoms with Gasteiger partial charge in [0.1, 0.15) is 10.6 Å². The second-order valence-corrected chi connectivity index (χ2v) is 4.69. The number of methoxy groups -OCH3 is 1. The Bertz CT molecular complexity index is 558. The summed E-state index contributed by atoms with van der Waals surface area (Å²) in [5, 5.41) is 1.05. The first-order valence-corrected chi connectivity index (χ1v) is 7.23. The molecule has 0 aliphatic heterocycles. The number of esters is 1. The quantitative estimate of drug-likeness (QED) is 0.781. The zero-order chi connectivity index (χ0) is 14.4. The van der Waals surface area contributed by atoms with Crippen molar-refractivity contribution < 1.29 is 14.3 Å². The van der Waals surface area contributed by atoms with Crippen LogP contribution in [0.15, 0.2) is 18.2 Å². The van der Waals surface area contributed by atoms with E-state index in [1.807, 2.05) is 45.9 Å². The molecule has 0 radical (unpaired) electrons. The second-order valence-electron chi connectivity index (χ2n) is 3.64. The zero-order valence-electron chi connectivity index (χ0n) is 12.1. The van der Waals surface area contributed by atoms with Crippen LogP contribution in [0.2, 0.25) is 0 Å². The first-order chi connectivity index (χ1) is 9.17. The Balaban J connectivity index is 0.000000861. The highest BCUT2D eigenvalue weighted by Crippen LogP contribution is 2.33. The van der Waals surface area contributed by atoms with Gasteiger partial charge in [0.05, 0.1) is 13.7 Å². The molecule has 0 atom stereocenters. The molecule has 0 unspecified atom stereocenters. The average Bonchev–Trinajstić information content (AvgIpc) is 2.78. The van der Waals surface area contributed by atoms with Crippen LogP contribution in [-0.2, 0) is 4.74 Å². The lowest BCUT2D eigenvalue weighted by atomic mass is 10.1. The molecule has 0 saturated carbocycles. The number of carbonyl (C=O) groups excluding carboxylic acids is 1. The Kier molecular flexibility index (Phi) is 5.83. The van der Waals surface area contributed by atoms with Gasteiger partial charge in [0.15, 0.2) is 0 Å². The number of fused-ring (bicyclic) bond motifs is 1. The van der Waals surface area contributed by atoms with Gasteiger partial charge in [-0.1, -0.05) is 13.8 Å². The predicted octanol–water partition coefficient (Wildman–Crippen LogP) is 4.42. The Morgan fingerprint density at radius 1 is 1.32 bits per heavy atom. The van der Waals surface area contributed by atoms with Gasteiger partial charge < -0.3 is 9.47 Å². The molecule has 1 aromatic heterocycles. The molecular weight excluding hydrogens is 260 g/mol. The molecule has 2 rings (SSSR count). The number of thiophene rings is 1. The third kappa shape index (κ3) is 3.26. The van der Waals surface area contributed by atoms with Gasteiger partial charge in [-0.25, -0.2) is 4.79 Å². The largest absolute Gasteiger partial charge is 0.497 e. The molecule has 0 bridgehead atoms. The van der Waals surface area contributed by atoms with Crippen molar-refractivity contribution in [3.63, 3.8) is 0 Å². The summed E-state index contributed by atoms with van der Waals surface area (Å²) in [6.45, 7) is 8.14. The standard InChI is InChI=1S/C13H14O3S.C2H6/c1-4-16-13(14)12-8(2)10-7-9(15-3)5-6-11(10)17-12;1-2/h5-7H,4H2,1-3H3;1-2H3. The highest BCUT2D eigenvalue weighted by molar-refractivity contribution is 7.21. The number of carbonyl (C=O) groups is 1. The van der Waals surface area contributed by atoms with E-state index in [9.17, 15) is 4.79 Å². The molecule has 1 aromatic carbocycles. The van der Waals surface area contributed by atoms with Crippen LogP contribution in [0.4, 0.5) is 0 Å². The molecule has 0 saturated heterocycles. The van der Waals surface area contributed by atoms with Crippen LogP contribution >= 0.6 is 11.3 Å². The van der Waals surface area contributed by atoms with Gasteiger partial charge in [0, 0.05) is 4.70 Å². The van der Waals surface area contributed by atoms with Crippen molar-refractivity contribution in [2.75, 3.05) is 13.7 Å². The van der Waals surface area contributed by atoms with E-state index in [4.69, 9.17) is 9.47 Å². The summed E-state index contributed by atoms with van der Waals surface area (Å²) in [5.74, 6) is 0.555. The van der Waals surface area contributed by atoms with Crippen LogP contribution in [0.5, 0.6) is 5.75 Å². The van der Waals surface area contributed by atoms with Crippen molar-refractivity contribution in [2.24, 2.45) is 0 Å². The fraction of sp³-hybridized carbons (Fsp3) is 0.400. The van der Waals surface area contributed by atoms with Crippen molar-refractivity contribution in [1.29, 1.82) is 0 Å². The Morgan fingerprint density at radius 3 is 2.58 bits per heavy atom. The molecular formula is C15H20O3S. The Morgan fingerprint density at radius 2 is 2.00 bits per heavy atom. The minimum atomic E-state index is -0.245. The van der Waals surface area contributed by atoms with Crippen molar-refractivity contribution in [2.45, 2.75) is 27.7 Å². The molecule has 0 N–H and O–H groups in total. The lowest BCUT2D eigenvalue weighted by molar-refractivity contribution is 0.0531. The molecule has 2 aromatic rings. The monoisotopic (exact) mass is 280 g/mol. The lowest BCUT2D eigenvalue weighted by Gasteiger charge is -2.00. The van der Waals surface area contributed by atoms with E-state index in [0.717, 1.165) is 21.4 Å². The molecule has 3 nitrogen and oxygen atoms in total. The summed E-state index contributed by atoms with van der Waals surface area (Å²) >= 11 is 1.46. The number of hydrogen-bond donors (Lipinski definition) is 0. The fourth-order valence-electron chi connectivity index (χ4n) is 1.72. The SMILES string of the molecule is CC.CCOC(=O)c1sc2ccc(OC)cc2c1C. The van der Waals surface area contributed by atoms with Crippen molar-refractivity contribution in [1.82, 2.24) is 0 Å². The summed E-state index contributed by atoms with van der Waals surface area (Å²) in [7, 11) is 1.63. The third-order valence-corrected chi connectivity index (χ3v) is 3.86. The minimum Gasteiger partial charge on any atom is -0.497 e. The molecule has 0 aliphatic rings. The van der Waals surface area contributed by atoms with Crippen LogP contribution in [0, 0.1) is 6.92 Å². The summed E-state index contributed by atoms with van der Waals surface area (Å²) in [4.78, 5) is 12.4. The average molecular weight is 280 g/mol. The number of hydrogen-bond acceptors (Lipinski definition) is 4. The van der Waals surface area contributed by atoms with Gasteiger partial charge in [0.25, 0.3) is 0 Å². The van der Waals surface area contributed by atoms with Gasteiger partial charge in [-0.15, -0.1) is 11.3 Å². The Hall–Kier alpha value is -1.55.